The fourth-order valence-corrected chi connectivity index (χ4v) is 3.75. The van der Waals surface area contributed by atoms with Gasteiger partial charge in [-0.05, 0) is 72.8 Å². The van der Waals surface area contributed by atoms with E-state index in [2.05, 4.69) is 38.1 Å². The zero-order chi connectivity index (χ0) is 18.4. The molecule has 1 aromatic heterocycles. The SMILES string of the molecule is O=C(CNC(=O)c1ccccc1I)NCC(c1ccco1)N1CCCC1. The molecule has 2 heterocycles. The summed E-state index contributed by atoms with van der Waals surface area (Å²) in [6.45, 7) is 2.43. The van der Waals surface area contributed by atoms with E-state index in [4.69, 9.17) is 4.42 Å². The Morgan fingerprint density at radius 2 is 1.88 bits per heavy atom. The quantitative estimate of drug-likeness (QED) is 0.615. The van der Waals surface area contributed by atoms with Gasteiger partial charge in [0.15, 0.2) is 0 Å². The van der Waals surface area contributed by atoms with Gasteiger partial charge in [-0.2, -0.15) is 0 Å². The minimum absolute atomic E-state index is 0.0298. The Labute approximate surface area is 166 Å². The molecule has 1 unspecified atom stereocenters. The van der Waals surface area contributed by atoms with Crippen molar-refractivity contribution in [3.8, 4) is 0 Å². The summed E-state index contributed by atoms with van der Waals surface area (Å²) >= 11 is 2.11. The van der Waals surface area contributed by atoms with Crippen LogP contribution in [0.4, 0.5) is 0 Å². The molecule has 6 nitrogen and oxygen atoms in total. The smallest absolute Gasteiger partial charge is 0.252 e. The predicted molar refractivity (Wildman–Crippen MR) is 107 cm³/mol. The minimum Gasteiger partial charge on any atom is -0.468 e. The molecule has 138 valence electrons. The van der Waals surface area contributed by atoms with Gasteiger partial charge in [-0.1, -0.05) is 12.1 Å². The number of nitrogens with zero attached hydrogens (tertiary/aromatic N) is 1. The first-order chi connectivity index (χ1) is 12.6. The molecule has 1 saturated heterocycles. The van der Waals surface area contributed by atoms with Gasteiger partial charge in [0.05, 0.1) is 24.4 Å². The molecule has 1 fully saturated rings. The number of amides is 2. The summed E-state index contributed by atoms with van der Waals surface area (Å²) in [5.41, 5.74) is 0.575. The van der Waals surface area contributed by atoms with Crippen molar-refractivity contribution < 1.29 is 14.0 Å². The molecule has 0 spiro atoms. The lowest BCUT2D eigenvalue weighted by molar-refractivity contribution is -0.120. The summed E-state index contributed by atoms with van der Waals surface area (Å²) in [7, 11) is 0. The molecule has 1 atom stereocenters. The highest BCUT2D eigenvalue weighted by Crippen LogP contribution is 2.24. The number of furan rings is 1. The second-order valence-electron chi connectivity index (χ2n) is 6.24. The Morgan fingerprint density at radius 3 is 2.58 bits per heavy atom. The van der Waals surface area contributed by atoms with E-state index in [0.29, 0.717) is 12.1 Å². The van der Waals surface area contributed by atoms with Crippen LogP contribution in [0.1, 0.15) is 35.0 Å². The zero-order valence-electron chi connectivity index (χ0n) is 14.4. The van der Waals surface area contributed by atoms with E-state index in [9.17, 15) is 9.59 Å². The number of likely N-dealkylation sites (tertiary alicyclic amines) is 1. The highest BCUT2D eigenvalue weighted by molar-refractivity contribution is 14.1. The normalized spacial score (nSPS) is 15.6. The number of hydrogen-bond donors (Lipinski definition) is 2. The summed E-state index contributed by atoms with van der Waals surface area (Å²) in [5.74, 6) is 0.405. The fraction of sp³-hybridized carbons (Fsp3) is 0.368. The van der Waals surface area contributed by atoms with Crippen molar-refractivity contribution in [2.75, 3.05) is 26.2 Å². The molecule has 0 saturated carbocycles. The molecule has 0 aliphatic carbocycles. The van der Waals surface area contributed by atoms with Crippen molar-refractivity contribution >= 4 is 34.4 Å². The Balaban J connectivity index is 1.51. The Hall–Kier alpha value is -1.87. The Morgan fingerprint density at radius 1 is 1.12 bits per heavy atom. The van der Waals surface area contributed by atoms with Crippen molar-refractivity contribution in [1.29, 1.82) is 0 Å². The van der Waals surface area contributed by atoms with Crippen molar-refractivity contribution in [1.82, 2.24) is 15.5 Å². The summed E-state index contributed by atoms with van der Waals surface area (Å²) in [4.78, 5) is 26.7. The van der Waals surface area contributed by atoms with E-state index < -0.39 is 0 Å². The molecule has 2 N–H and O–H groups in total. The topological polar surface area (TPSA) is 74.6 Å². The van der Waals surface area contributed by atoms with Gasteiger partial charge < -0.3 is 15.1 Å². The third-order valence-corrected chi connectivity index (χ3v) is 5.41. The van der Waals surface area contributed by atoms with E-state index in [1.807, 2.05) is 24.3 Å². The number of carbonyl (C=O) groups excluding carboxylic acids is 2. The summed E-state index contributed by atoms with van der Waals surface area (Å²) in [6.07, 6.45) is 3.98. The molecule has 3 rings (SSSR count). The Bertz CT molecular complexity index is 742. The van der Waals surface area contributed by atoms with E-state index in [1.165, 1.54) is 0 Å². The highest BCUT2D eigenvalue weighted by atomic mass is 127. The number of benzene rings is 1. The molecule has 7 heteroatoms. The average Bonchev–Trinajstić information content (AvgIpc) is 3.35. The molecule has 1 aliphatic rings. The van der Waals surface area contributed by atoms with E-state index in [0.717, 1.165) is 35.3 Å². The second kappa shape index (κ2) is 9.18. The average molecular weight is 467 g/mol. The van der Waals surface area contributed by atoms with E-state index in [1.54, 1.807) is 18.4 Å². The lowest BCUT2D eigenvalue weighted by Crippen LogP contribution is -2.41. The maximum absolute atomic E-state index is 12.2. The lowest BCUT2D eigenvalue weighted by atomic mass is 10.2. The molecular formula is C19H22IN3O3. The zero-order valence-corrected chi connectivity index (χ0v) is 16.6. The Kier molecular flexibility index (Phi) is 6.67. The van der Waals surface area contributed by atoms with Crippen LogP contribution in [-0.4, -0.2) is 42.9 Å². The van der Waals surface area contributed by atoms with Crippen LogP contribution in [0.2, 0.25) is 0 Å². The van der Waals surface area contributed by atoms with E-state index >= 15 is 0 Å². The van der Waals surface area contributed by atoms with Gasteiger partial charge in [-0.25, -0.2) is 0 Å². The number of halogens is 1. The second-order valence-corrected chi connectivity index (χ2v) is 7.40. The van der Waals surface area contributed by atoms with Gasteiger partial charge in [0, 0.05) is 10.1 Å². The van der Waals surface area contributed by atoms with Gasteiger partial charge in [-0.15, -0.1) is 0 Å². The first-order valence-corrected chi connectivity index (χ1v) is 9.80. The first kappa shape index (κ1) is 18.9. The minimum atomic E-state index is -0.243. The fourth-order valence-electron chi connectivity index (χ4n) is 3.12. The van der Waals surface area contributed by atoms with Crippen LogP contribution in [0.15, 0.2) is 47.1 Å². The monoisotopic (exact) mass is 467 g/mol. The van der Waals surface area contributed by atoms with Crippen LogP contribution >= 0.6 is 22.6 Å². The first-order valence-electron chi connectivity index (χ1n) is 8.72. The molecule has 1 aromatic carbocycles. The molecular weight excluding hydrogens is 445 g/mol. The van der Waals surface area contributed by atoms with Crippen molar-refractivity contribution in [2.24, 2.45) is 0 Å². The molecule has 1 aliphatic heterocycles. The van der Waals surface area contributed by atoms with Gasteiger partial charge in [-0.3, -0.25) is 14.5 Å². The molecule has 0 bridgehead atoms. The summed E-state index contributed by atoms with van der Waals surface area (Å²) in [5, 5.41) is 5.59. The highest BCUT2D eigenvalue weighted by Gasteiger charge is 2.25. The van der Waals surface area contributed by atoms with Gasteiger partial charge in [0.2, 0.25) is 5.91 Å². The van der Waals surface area contributed by atoms with Crippen molar-refractivity contribution in [2.45, 2.75) is 18.9 Å². The third-order valence-electron chi connectivity index (χ3n) is 4.47. The van der Waals surface area contributed by atoms with Crippen LogP contribution in [-0.2, 0) is 4.79 Å². The van der Waals surface area contributed by atoms with Crippen molar-refractivity contribution in [3.63, 3.8) is 0 Å². The summed E-state index contributed by atoms with van der Waals surface area (Å²) in [6, 6.07) is 11.1. The van der Waals surface area contributed by atoms with Crippen LogP contribution < -0.4 is 10.6 Å². The molecule has 2 aromatic rings. The van der Waals surface area contributed by atoms with Gasteiger partial charge in [0.25, 0.3) is 5.91 Å². The van der Waals surface area contributed by atoms with Gasteiger partial charge >= 0.3 is 0 Å². The number of carbonyl (C=O) groups is 2. The van der Waals surface area contributed by atoms with Crippen molar-refractivity contribution in [3.05, 3.63) is 57.6 Å². The number of hydrogen-bond acceptors (Lipinski definition) is 4. The van der Waals surface area contributed by atoms with Crippen LogP contribution in [0.25, 0.3) is 0 Å². The molecule has 0 radical (unpaired) electrons. The third kappa shape index (κ3) is 4.85. The van der Waals surface area contributed by atoms with Gasteiger partial charge in [0.1, 0.15) is 5.76 Å². The standard InChI is InChI=1S/C19H22IN3O3/c20-15-7-2-1-6-14(15)19(25)22-13-18(24)21-12-16(17-8-5-11-26-17)23-9-3-4-10-23/h1-2,5-8,11,16H,3-4,9-10,12-13H2,(H,21,24)(H,22,25). The lowest BCUT2D eigenvalue weighted by Gasteiger charge is -2.26. The van der Waals surface area contributed by atoms with E-state index in [-0.39, 0.29) is 24.4 Å². The number of rotatable bonds is 7. The molecule has 26 heavy (non-hydrogen) atoms. The van der Waals surface area contributed by atoms with Crippen LogP contribution in [0.3, 0.4) is 0 Å². The number of nitrogens with one attached hydrogen (secondary N) is 2. The predicted octanol–water partition coefficient (Wildman–Crippen LogP) is 2.57. The molecule has 2 amide bonds. The largest absolute Gasteiger partial charge is 0.468 e. The summed E-state index contributed by atoms with van der Waals surface area (Å²) < 4.78 is 6.40. The van der Waals surface area contributed by atoms with Crippen LogP contribution in [0, 0.1) is 3.57 Å². The van der Waals surface area contributed by atoms with Crippen LogP contribution in [0.5, 0.6) is 0 Å². The maximum atomic E-state index is 12.2. The maximum Gasteiger partial charge on any atom is 0.252 e.